The Bertz CT molecular complexity index is 413. The van der Waals surface area contributed by atoms with Crippen LogP contribution in [-0.4, -0.2) is 24.0 Å². The number of anilines is 1. The number of aromatic nitrogens is 1. The lowest BCUT2D eigenvalue weighted by Gasteiger charge is -2.20. The van der Waals surface area contributed by atoms with Gasteiger partial charge >= 0.3 is 0 Å². The average Bonchev–Trinajstić information content (AvgIpc) is 2.92. The molecule has 0 saturated heterocycles. The second kappa shape index (κ2) is 5.85. The Morgan fingerprint density at radius 1 is 1.39 bits per heavy atom. The molecule has 0 spiro atoms. The number of carbonyl (C=O) groups excluding carboxylic acids is 1. The van der Waals surface area contributed by atoms with Crippen LogP contribution in [0.5, 0.6) is 0 Å². The molecule has 1 saturated carbocycles. The second-order valence-electron chi connectivity index (χ2n) is 4.96. The van der Waals surface area contributed by atoms with E-state index in [1.54, 1.807) is 13.1 Å². The number of hydrogen-bond acceptors (Lipinski definition) is 3. The van der Waals surface area contributed by atoms with E-state index in [0.29, 0.717) is 11.6 Å². The van der Waals surface area contributed by atoms with E-state index in [9.17, 15) is 4.79 Å². The van der Waals surface area contributed by atoms with E-state index in [1.807, 2.05) is 12.1 Å². The average molecular weight is 247 g/mol. The van der Waals surface area contributed by atoms with E-state index >= 15 is 0 Å². The van der Waals surface area contributed by atoms with Gasteiger partial charge in [0.2, 0.25) is 0 Å². The first kappa shape index (κ1) is 12.9. The van der Waals surface area contributed by atoms with E-state index in [1.165, 1.54) is 25.7 Å². The molecule has 0 bridgehead atoms. The van der Waals surface area contributed by atoms with Crippen molar-refractivity contribution < 1.29 is 4.79 Å². The molecule has 4 heteroatoms. The number of hydrogen-bond donors (Lipinski definition) is 2. The predicted octanol–water partition coefficient (Wildman–Crippen LogP) is 2.43. The monoisotopic (exact) mass is 247 g/mol. The van der Waals surface area contributed by atoms with Crippen molar-refractivity contribution in [3.63, 3.8) is 0 Å². The van der Waals surface area contributed by atoms with Gasteiger partial charge in [-0.1, -0.05) is 18.9 Å². The molecule has 0 aliphatic heterocycles. The molecule has 1 fully saturated rings. The summed E-state index contributed by atoms with van der Waals surface area (Å²) in [6.45, 7) is 2.09. The molecule has 0 aromatic carbocycles. The number of nitrogens with zero attached hydrogens (tertiary/aromatic N) is 1. The van der Waals surface area contributed by atoms with Crippen LogP contribution in [-0.2, 0) is 0 Å². The predicted molar refractivity (Wildman–Crippen MR) is 72.7 cm³/mol. The fraction of sp³-hybridized carbons (Fsp3) is 0.571. The van der Waals surface area contributed by atoms with E-state index in [-0.39, 0.29) is 11.9 Å². The van der Waals surface area contributed by atoms with Crippen LogP contribution in [0.4, 0.5) is 5.82 Å². The maximum atomic E-state index is 12.1. The van der Waals surface area contributed by atoms with E-state index in [2.05, 4.69) is 22.5 Å². The molecular weight excluding hydrogens is 226 g/mol. The molecule has 1 amide bonds. The van der Waals surface area contributed by atoms with Gasteiger partial charge in [-0.3, -0.25) is 4.79 Å². The lowest BCUT2D eigenvalue weighted by molar-refractivity contribution is 0.0922. The topological polar surface area (TPSA) is 54.0 Å². The Balaban J connectivity index is 1.97. The van der Waals surface area contributed by atoms with Gasteiger partial charge in [-0.05, 0) is 37.8 Å². The summed E-state index contributed by atoms with van der Waals surface area (Å²) < 4.78 is 0. The van der Waals surface area contributed by atoms with Crippen LogP contribution in [0.1, 0.15) is 43.1 Å². The van der Waals surface area contributed by atoms with Crippen LogP contribution in [0, 0.1) is 5.92 Å². The van der Waals surface area contributed by atoms with Gasteiger partial charge in [0, 0.05) is 13.1 Å². The standard InChI is InChI=1S/C14H21N3O/c1-10(11-6-3-4-7-11)16-14(18)12-8-5-9-13(15-2)17-12/h5,8-11H,3-4,6-7H2,1-2H3,(H,15,17)(H,16,18). The minimum absolute atomic E-state index is 0.0773. The first-order chi connectivity index (χ1) is 8.70. The minimum Gasteiger partial charge on any atom is -0.373 e. The first-order valence-electron chi connectivity index (χ1n) is 6.66. The van der Waals surface area contributed by atoms with Crippen LogP contribution in [0.2, 0.25) is 0 Å². The highest BCUT2D eigenvalue weighted by molar-refractivity contribution is 5.92. The Morgan fingerprint density at radius 3 is 2.78 bits per heavy atom. The van der Waals surface area contributed by atoms with Crippen molar-refractivity contribution >= 4 is 11.7 Å². The number of nitrogens with one attached hydrogen (secondary N) is 2. The molecule has 2 rings (SSSR count). The van der Waals surface area contributed by atoms with Gasteiger partial charge in [-0.25, -0.2) is 4.98 Å². The van der Waals surface area contributed by atoms with Gasteiger partial charge in [0.1, 0.15) is 11.5 Å². The third kappa shape index (κ3) is 3.00. The smallest absolute Gasteiger partial charge is 0.270 e. The van der Waals surface area contributed by atoms with Gasteiger partial charge in [-0.15, -0.1) is 0 Å². The molecule has 1 aromatic heterocycles. The van der Waals surface area contributed by atoms with Crippen LogP contribution >= 0.6 is 0 Å². The van der Waals surface area contributed by atoms with Gasteiger partial charge < -0.3 is 10.6 Å². The largest absolute Gasteiger partial charge is 0.373 e. The van der Waals surface area contributed by atoms with Crippen molar-refractivity contribution in [2.75, 3.05) is 12.4 Å². The summed E-state index contributed by atoms with van der Waals surface area (Å²) in [6.07, 6.45) is 5.04. The lowest BCUT2D eigenvalue weighted by Crippen LogP contribution is -2.37. The molecule has 98 valence electrons. The van der Waals surface area contributed by atoms with Crippen LogP contribution in [0.3, 0.4) is 0 Å². The third-order valence-corrected chi connectivity index (χ3v) is 3.70. The quantitative estimate of drug-likeness (QED) is 0.859. The summed E-state index contributed by atoms with van der Waals surface area (Å²) in [4.78, 5) is 16.3. The Morgan fingerprint density at radius 2 is 2.11 bits per heavy atom. The van der Waals surface area contributed by atoms with Gasteiger partial charge in [0.25, 0.3) is 5.91 Å². The number of pyridine rings is 1. The van der Waals surface area contributed by atoms with Crippen molar-refractivity contribution in [1.82, 2.24) is 10.3 Å². The number of rotatable bonds is 4. The van der Waals surface area contributed by atoms with Crippen LogP contribution in [0.15, 0.2) is 18.2 Å². The molecule has 4 nitrogen and oxygen atoms in total. The molecule has 1 heterocycles. The Labute approximate surface area is 108 Å². The molecule has 18 heavy (non-hydrogen) atoms. The summed E-state index contributed by atoms with van der Waals surface area (Å²) >= 11 is 0. The summed E-state index contributed by atoms with van der Waals surface area (Å²) in [5.41, 5.74) is 0.478. The van der Waals surface area contributed by atoms with E-state index < -0.39 is 0 Å². The molecule has 1 unspecified atom stereocenters. The van der Waals surface area contributed by atoms with Crippen molar-refractivity contribution in [1.29, 1.82) is 0 Å². The normalized spacial score (nSPS) is 17.4. The highest BCUT2D eigenvalue weighted by Gasteiger charge is 2.23. The molecule has 1 aromatic rings. The van der Waals surface area contributed by atoms with Crippen LogP contribution in [0.25, 0.3) is 0 Å². The zero-order valence-electron chi connectivity index (χ0n) is 11.1. The fourth-order valence-electron chi connectivity index (χ4n) is 2.56. The van der Waals surface area contributed by atoms with Crippen molar-refractivity contribution in [2.24, 2.45) is 5.92 Å². The molecule has 0 radical (unpaired) electrons. The second-order valence-corrected chi connectivity index (χ2v) is 4.96. The van der Waals surface area contributed by atoms with Crippen LogP contribution < -0.4 is 10.6 Å². The summed E-state index contributed by atoms with van der Waals surface area (Å²) in [5.74, 6) is 1.27. The molecule has 1 aliphatic rings. The highest BCUT2D eigenvalue weighted by Crippen LogP contribution is 2.27. The zero-order chi connectivity index (χ0) is 13.0. The maximum Gasteiger partial charge on any atom is 0.270 e. The van der Waals surface area contributed by atoms with Crippen molar-refractivity contribution in [3.05, 3.63) is 23.9 Å². The maximum absolute atomic E-state index is 12.1. The Kier molecular flexibility index (Phi) is 4.18. The number of carbonyl (C=O) groups is 1. The summed E-state index contributed by atoms with van der Waals surface area (Å²) in [5, 5.41) is 6.00. The van der Waals surface area contributed by atoms with Gasteiger partial charge in [0.05, 0.1) is 0 Å². The van der Waals surface area contributed by atoms with Gasteiger partial charge in [-0.2, -0.15) is 0 Å². The lowest BCUT2D eigenvalue weighted by atomic mass is 10.00. The van der Waals surface area contributed by atoms with Crippen molar-refractivity contribution in [2.45, 2.75) is 38.6 Å². The molecule has 2 N–H and O–H groups in total. The molecular formula is C14H21N3O. The Hall–Kier alpha value is -1.58. The first-order valence-corrected chi connectivity index (χ1v) is 6.66. The molecule has 1 aliphatic carbocycles. The molecule has 1 atom stereocenters. The third-order valence-electron chi connectivity index (χ3n) is 3.70. The fourth-order valence-corrected chi connectivity index (χ4v) is 2.56. The van der Waals surface area contributed by atoms with Gasteiger partial charge in [0.15, 0.2) is 0 Å². The van der Waals surface area contributed by atoms with E-state index in [4.69, 9.17) is 0 Å². The van der Waals surface area contributed by atoms with E-state index in [0.717, 1.165) is 5.82 Å². The zero-order valence-corrected chi connectivity index (χ0v) is 11.1. The summed E-state index contributed by atoms with van der Waals surface area (Å²) in [6, 6.07) is 5.67. The highest BCUT2D eigenvalue weighted by atomic mass is 16.1. The SMILES string of the molecule is CNc1cccc(C(=O)NC(C)C2CCCC2)n1. The van der Waals surface area contributed by atoms with Crippen molar-refractivity contribution in [3.8, 4) is 0 Å². The summed E-state index contributed by atoms with van der Waals surface area (Å²) in [7, 11) is 1.80. The minimum atomic E-state index is -0.0773. The number of amides is 1.